The van der Waals surface area contributed by atoms with E-state index in [2.05, 4.69) is 52.1 Å². The summed E-state index contributed by atoms with van der Waals surface area (Å²) in [6, 6.07) is 16.8. The molecule has 0 radical (unpaired) electrons. The lowest BCUT2D eigenvalue weighted by molar-refractivity contribution is 0.190. The number of amides is 2. The van der Waals surface area contributed by atoms with E-state index in [1.807, 2.05) is 24.3 Å². The largest absolute Gasteiger partial charge is 0.380 e. The average Bonchev–Trinajstić information content (AvgIpc) is 3.38. The van der Waals surface area contributed by atoms with E-state index in [4.69, 9.17) is 4.74 Å². The third kappa shape index (κ3) is 4.68. The van der Waals surface area contributed by atoms with Gasteiger partial charge in [-0.25, -0.2) is 4.79 Å². The second-order valence-electron chi connectivity index (χ2n) is 6.92. The smallest absolute Gasteiger partial charge is 0.315 e. The molecular weight excluding hydrogens is 338 g/mol. The molecule has 5 nitrogen and oxygen atoms in total. The summed E-state index contributed by atoms with van der Waals surface area (Å²) >= 11 is 0. The van der Waals surface area contributed by atoms with Gasteiger partial charge in [-0.1, -0.05) is 36.1 Å². The Hall–Kier alpha value is -2.81. The van der Waals surface area contributed by atoms with Crippen LogP contribution in [0.2, 0.25) is 0 Å². The van der Waals surface area contributed by atoms with Crippen molar-refractivity contribution in [3.63, 3.8) is 0 Å². The van der Waals surface area contributed by atoms with Crippen LogP contribution in [-0.4, -0.2) is 31.8 Å². The molecule has 27 heavy (non-hydrogen) atoms. The van der Waals surface area contributed by atoms with E-state index in [1.54, 1.807) is 0 Å². The quantitative estimate of drug-likeness (QED) is 0.733. The first-order valence-corrected chi connectivity index (χ1v) is 9.33. The van der Waals surface area contributed by atoms with Crippen molar-refractivity contribution >= 4 is 6.03 Å². The van der Waals surface area contributed by atoms with Crippen LogP contribution in [0.1, 0.15) is 34.7 Å². The Morgan fingerprint density at radius 1 is 1.04 bits per heavy atom. The fraction of sp³-hybridized carbons (Fsp3) is 0.318. The highest BCUT2D eigenvalue weighted by Gasteiger charge is 2.20. The first-order chi connectivity index (χ1) is 13.3. The molecule has 2 aliphatic heterocycles. The molecule has 2 amide bonds. The maximum Gasteiger partial charge on any atom is 0.315 e. The van der Waals surface area contributed by atoms with Crippen molar-refractivity contribution in [2.75, 3.05) is 19.8 Å². The number of nitrogens with one attached hydrogen (secondary N) is 3. The molecule has 2 heterocycles. The van der Waals surface area contributed by atoms with Crippen LogP contribution in [0, 0.1) is 11.8 Å². The van der Waals surface area contributed by atoms with Crippen LogP contribution in [-0.2, 0) is 11.3 Å². The molecule has 0 spiro atoms. The van der Waals surface area contributed by atoms with Crippen molar-refractivity contribution in [3.8, 4) is 11.8 Å². The van der Waals surface area contributed by atoms with Crippen molar-refractivity contribution in [1.82, 2.24) is 16.0 Å². The molecule has 4 rings (SSSR count). The molecule has 0 bridgehead atoms. The summed E-state index contributed by atoms with van der Waals surface area (Å²) in [4.78, 5) is 11.2. The highest BCUT2D eigenvalue weighted by Crippen LogP contribution is 2.16. The predicted molar refractivity (Wildman–Crippen MR) is 104 cm³/mol. The molecule has 138 valence electrons. The van der Waals surface area contributed by atoms with E-state index in [9.17, 15) is 4.79 Å². The first kappa shape index (κ1) is 17.6. The van der Waals surface area contributed by atoms with Crippen LogP contribution in [0.5, 0.6) is 0 Å². The number of benzene rings is 2. The standard InChI is InChI=1S/C22H23N3O2/c26-22-24-14-21(25-22)19-9-7-17(8-10-19)2-1-16-3-5-18(6-4-16)13-23-20-11-12-27-15-20/h3-10,20-21,23H,11-15H2,(H2,24,25,26). The van der Waals surface area contributed by atoms with Crippen molar-refractivity contribution < 1.29 is 9.53 Å². The van der Waals surface area contributed by atoms with Gasteiger partial charge in [-0.05, 0) is 41.8 Å². The van der Waals surface area contributed by atoms with Crippen LogP contribution in [0.4, 0.5) is 4.79 Å². The van der Waals surface area contributed by atoms with Gasteiger partial charge >= 0.3 is 6.03 Å². The lowest BCUT2D eigenvalue weighted by Crippen LogP contribution is -2.28. The molecule has 0 aromatic heterocycles. The summed E-state index contributed by atoms with van der Waals surface area (Å²) in [5.74, 6) is 6.41. The van der Waals surface area contributed by atoms with Gasteiger partial charge in [0.05, 0.1) is 12.6 Å². The number of carbonyl (C=O) groups excluding carboxylic acids is 1. The van der Waals surface area contributed by atoms with E-state index < -0.39 is 0 Å². The third-order valence-electron chi connectivity index (χ3n) is 4.91. The van der Waals surface area contributed by atoms with Crippen LogP contribution in [0.15, 0.2) is 48.5 Å². The maximum atomic E-state index is 11.2. The van der Waals surface area contributed by atoms with Crippen LogP contribution in [0.25, 0.3) is 0 Å². The maximum absolute atomic E-state index is 11.2. The van der Waals surface area contributed by atoms with Gasteiger partial charge in [-0.2, -0.15) is 0 Å². The van der Waals surface area contributed by atoms with Crippen molar-refractivity contribution in [1.29, 1.82) is 0 Å². The minimum Gasteiger partial charge on any atom is -0.380 e. The molecule has 0 aliphatic carbocycles. The third-order valence-corrected chi connectivity index (χ3v) is 4.91. The molecule has 3 N–H and O–H groups in total. The number of urea groups is 1. The minimum absolute atomic E-state index is 0.0384. The SMILES string of the molecule is O=C1NCC(c2ccc(C#Cc3ccc(CNC4CCOC4)cc3)cc2)N1. The van der Waals surface area contributed by atoms with E-state index in [1.165, 1.54) is 5.56 Å². The van der Waals surface area contributed by atoms with Gasteiger partial charge in [0.1, 0.15) is 0 Å². The summed E-state index contributed by atoms with van der Waals surface area (Å²) in [5.41, 5.74) is 4.30. The zero-order chi connectivity index (χ0) is 18.5. The van der Waals surface area contributed by atoms with E-state index in [-0.39, 0.29) is 12.1 Å². The molecule has 2 aromatic carbocycles. The Kier molecular flexibility index (Phi) is 5.38. The zero-order valence-corrected chi connectivity index (χ0v) is 15.1. The monoisotopic (exact) mass is 361 g/mol. The highest BCUT2D eigenvalue weighted by molar-refractivity contribution is 5.76. The Labute approximate surface area is 159 Å². The Balaban J connectivity index is 1.33. The number of hydrogen-bond acceptors (Lipinski definition) is 3. The van der Waals surface area contributed by atoms with Crippen molar-refractivity contribution in [2.24, 2.45) is 0 Å². The number of ether oxygens (including phenoxy) is 1. The molecule has 5 heteroatoms. The van der Waals surface area contributed by atoms with Gasteiger partial charge < -0.3 is 20.7 Å². The van der Waals surface area contributed by atoms with Gasteiger partial charge in [0.15, 0.2) is 0 Å². The Morgan fingerprint density at radius 3 is 2.33 bits per heavy atom. The van der Waals surface area contributed by atoms with Crippen LogP contribution >= 0.6 is 0 Å². The Bertz CT molecular complexity index is 844. The van der Waals surface area contributed by atoms with Gasteiger partial charge in [0.25, 0.3) is 0 Å². The van der Waals surface area contributed by atoms with E-state index in [0.717, 1.165) is 42.9 Å². The lowest BCUT2D eigenvalue weighted by atomic mass is 10.1. The van der Waals surface area contributed by atoms with Crippen molar-refractivity contribution in [2.45, 2.75) is 25.0 Å². The summed E-state index contributed by atoms with van der Waals surface area (Å²) in [5, 5.41) is 9.17. The molecule has 0 saturated carbocycles. The van der Waals surface area contributed by atoms with Gasteiger partial charge in [0.2, 0.25) is 0 Å². The van der Waals surface area contributed by atoms with E-state index >= 15 is 0 Å². The molecule has 2 atom stereocenters. The van der Waals surface area contributed by atoms with Gasteiger partial charge in [-0.15, -0.1) is 0 Å². The van der Waals surface area contributed by atoms with Gasteiger partial charge in [0, 0.05) is 36.9 Å². The summed E-state index contributed by atoms with van der Waals surface area (Å²) < 4.78 is 5.38. The van der Waals surface area contributed by atoms with Crippen molar-refractivity contribution in [3.05, 3.63) is 70.8 Å². The molecule has 2 saturated heterocycles. The minimum atomic E-state index is -0.112. The Morgan fingerprint density at radius 2 is 1.74 bits per heavy atom. The molecule has 2 unspecified atom stereocenters. The highest BCUT2D eigenvalue weighted by atomic mass is 16.5. The number of hydrogen-bond donors (Lipinski definition) is 3. The van der Waals surface area contributed by atoms with Crippen LogP contribution in [0.3, 0.4) is 0 Å². The number of carbonyl (C=O) groups is 1. The summed E-state index contributed by atoms with van der Waals surface area (Å²) in [6.07, 6.45) is 1.09. The molecule has 2 aliphatic rings. The normalized spacial score (nSPS) is 21.3. The average molecular weight is 361 g/mol. The molecule has 2 fully saturated rings. The number of rotatable bonds is 4. The topological polar surface area (TPSA) is 62.4 Å². The second kappa shape index (κ2) is 8.26. The van der Waals surface area contributed by atoms with Gasteiger partial charge in [-0.3, -0.25) is 0 Å². The van der Waals surface area contributed by atoms with E-state index in [0.29, 0.717) is 12.6 Å². The summed E-state index contributed by atoms with van der Waals surface area (Å²) in [7, 11) is 0. The molecular formula is C22H23N3O2. The second-order valence-corrected chi connectivity index (χ2v) is 6.92. The fourth-order valence-corrected chi connectivity index (χ4v) is 3.26. The lowest BCUT2D eigenvalue weighted by Gasteiger charge is -2.10. The fourth-order valence-electron chi connectivity index (χ4n) is 3.26. The first-order valence-electron chi connectivity index (χ1n) is 9.33. The predicted octanol–water partition coefficient (Wildman–Crippen LogP) is 2.32. The van der Waals surface area contributed by atoms with Crippen LogP contribution < -0.4 is 16.0 Å². The zero-order valence-electron chi connectivity index (χ0n) is 15.1. The molecule has 2 aromatic rings. The summed E-state index contributed by atoms with van der Waals surface area (Å²) in [6.45, 7) is 3.15.